The fraction of sp³-hybridized carbons (Fsp3) is 1.00. The van der Waals surface area contributed by atoms with Crippen LogP contribution in [0.25, 0.3) is 0 Å². The molecule has 0 spiro atoms. The van der Waals surface area contributed by atoms with E-state index in [1.54, 1.807) is 443 Å². The van der Waals surface area contributed by atoms with Crippen molar-refractivity contribution in [2.45, 2.75) is 565 Å². The highest BCUT2D eigenvalue weighted by molar-refractivity contribution is 5.24. The van der Waals surface area contributed by atoms with Gasteiger partial charge < -0.3 is 0 Å². The first-order chi connectivity index (χ1) is 62.4. The highest BCUT2D eigenvalue weighted by atomic mass is 14.8. The van der Waals surface area contributed by atoms with E-state index in [9.17, 15) is 0 Å². The van der Waals surface area contributed by atoms with Gasteiger partial charge >= 0.3 is 0 Å². The van der Waals surface area contributed by atoms with Gasteiger partial charge in [0.05, 0.1) is 0 Å². The molecule has 37 saturated carbocycles. The molecule has 0 aromatic heterocycles. The van der Waals surface area contributed by atoms with Crippen molar-refractivity contribution in [3.8, 4) is 0 Å². The molecule has 0 saturated heterocycles. The molecule has 0 aromatic carbocycles. The molecular formula is C126H214. The molecule has 0 heterocycles. The van der Waals surface area contributed by atoms with Crippen molar-refractivity contribution in [1.29, 1.82) is 0 Å². The van der Waals surface area contributed by atoms with Gasteiger partial charge in [0.25, 0.3) is 0 Å². The molecule has 22 unspecified atom stereocenters. The third kappa shape index (κ3) is 25.4. The van der Waals surface area contributed by atoms with Crippen molar-refractivity contribution >= 4 is 0 Å². The lowest BCUT2D eigenvalue weighted by molar-refractivity contribution is 0.103. The number of fused-ring (bicyclic) bond motifs is 56. The third-order valence-electron chi connectivity index (χ3n) is 48.3. The second-order valence-corrected chi connectivity index (χ2v) is 55.4. The standard InChI is InChI=1S/C12H18.C12H22.2C11H20.C10H16.3C10H18.C9H14.C9H16.C8H12.C8H14.C6H8/c1-2-8-5-7(1)11-9-3-4-10(6-9)12(8)11;1-2-6-12-9-3-7-11(5-1)8-4-10-12;1-4-10-6-2-7-11(5-1)9-3-8-10;1-2-5-11-7-3-6-10(4-1)8-9-11;1-2-9-7-4-5-8(6-7)10(9)3-1;1-3-9-5-2-6-10(4-1)8-7-9;1-2-5-10-7-3-6-9(4-1)8-10;1-2-4-10-7-5-9(3-1)6-8-10;1-2-7-5-6(1)8-3-4-9(7)8;1-2-4-9-6-5-8(3-1)7-9;1-2-6-3-5(1)7-4-8(6)7;1-2-8-5-3-7(1)4-6-8;1-2-4-5-3(1)6(4)5/h7-12H,1-6H2;11-12H,1-10H2;2*10-11H,1-9H2;7-10H,1-6H2;3*9-10H,1-8H2;6-9H,1-5H2;8-9H,1-7H2;5-8H,1-4H2;7-8H,1-6H2;3-6H,1-2H2. The molecule has 22 atom stereocenters. The Hall–Kier alpha value is 0. The van der Waals surface area contributed by atoms with Crippen LogP contribution in [-0.4, -0.2) is 0 Å². The van der Waals surface area contributed by atoms with Crippen LogP contribution in [0.1, 0.15) is 565 Å². The highest BCUT2D eigenvalue weighted by Gasteiger charge is 2.76. The van der Waals surface area contributed by atoms with E-state index in [2.05, 4.69) is 0 Å². The fourth-order valence-electron chi connectivity index (χ4n) is 40.8. The molecule has 0 N–H and O–H groups in total. The lowest BCUT2D eigenvalue weighted by atomic mass is 9.66. The highest BCUT2D eigenvalue weighted by Crippen LogP contribution is 2.82. The zero-order valence-electron chi connectivity index (χ0n) is 84.2. The van der Waals surface area contributed by atoms with Gasteiger partial charge in [0, 0.05) is 0 Å². The smallest absolute Gasteiger partial charge is 0.0318 e. The molecule has 37 aliphatic rings. The van der Waals surface area contributed by atoms with Crippen LogP contribution in [0.15, 0.2) is 0 Å². The third-order valence-corrected chi connectivity index (χ3v) is 48.3. The molecule has 126 heavy (non-hydrogen) atoms. The summed E-state index contributed by atoms with van der Waals surface area (Å²) in [6.45, 7) is 0. The van der Waals surface area contributed by atoms with Gasteiger partial charge in [-0.1, -0.05) is 411 Å². The van der Waals surface area contributed by atoms with Crippen LogP contribution in [-0.2, 0) is 0 Å². The van der Waals surface area contributed by atoms with E-state index in [1.165, 1.54) is 252 Å². The minimum Gasteiger partial charge on any atom is -0.0530 e. The average Bonchev–Trinajstić information content (AvgIpc) is 1.48. The van der Waals surface area contributed by atoms with Gasteiger partial charge in [0.15, 0.2) is 0 Å². The van der Waals surface area contributed by atoms with Crippen molar-refractivity contribution in [2.75, 3.05) is 0 Å². The van der Waals surface area contributed by atoms with Crippen LogP contribution in [0.5, 0.6) is 0 Å². The van der Waals surface area contributed by atoms with E-state index >= 15 is 0 Å². The SMILES string of the molecule is C1CC2C3C1C23.C1CC2C3CCC(C3)C2C1.C1CC2CC1C1C3CCC(C3)C21.C1CC2CC1C1CC21.C1CC2CC1C1CCC21.C1CC2CCC1CC2.C1CC2CCCC(C1)CC2.C1CC2CCCC(C1)CCC2.C1CCC2CCC(C1)C2.C1CCC2CCC(C1)CC2.C1CCC2CCCC(C1)C2.C1CCC2CCCC(C1)CC2.C1CCC2CCCC(C1)CCC2. The lowest BCUT2D eigenvalue weighted by Gasteiger charge is -2.40. The van der Waals surface area contributed by atoms with E-state index in [-0.39, 0.29) is 0 Å². The summed E-state index contributed by atoms with van der Waals surface area (Å²) in [6, 6.07) is 0. The summed E-state index contributed by atoms with van der Waals surface area (Å²) >= 11 is 0. The van der Waals surface area contributed by atoms with Crippen molar-refractivity contribution in [1.82, 2.24) is 0 Å². The summed E-state index contributed by atoms with van der Waals surface area (Å²) in [4.78, 5) is 0. The molecule has 0 aliphatic heterocycles. The van der Waals surface area contributed by atoms with Crippen molar-refractivity contribution < 1.29 is 0 Å². The number of hydrogen-bond donors (Lipinski definition) is 0. The summed E-state index contributed by atoms with van der Waals surface area (Å²) < 4.78 is 0. The first kappa shape index (κ1) is 93.6. The van der Waals surface area contributed by atoms with Crippen molar-refractivity contribution in [3.63, 3.8) is 0 Å². The monoisotopic (exact) mass is 1730 g/mol. The normalized spacial score (nSPS) is 49.3. The lowest BCUT2D eigenvalue weighted by Crippen LogP contribution is -2.31. The van der Waals surface area contributed by atoms with Crippen LogP contribution in [0.3, 0.4) is 0 Å². The molecule has 0 radical (unpaired) electrons. The Balaban J connectivity index is 0.0000000863. The van der Waals surface area contributed by atoms with Gasteiger partial charge in [-0.05, 0) is 379 Å². The molecular weight excluding hydrogens is 1510 g/mol. The minimum absolute atomic E-state index is 1.11. The summed E-state index contributed by atoms with van der Waals surface area (Å²) in [7, 11) is 0. The maximum Gasteiger partial charge on any atom is -0.0318 e. The predicted molar refractivity (Wildman–Crippen MR) is 539 cm³/mol. The van der Waals surface area contributed by atoms with Gasteiger partial charge in [0.2, 0.25) is 0 Å². The summed E-state index contributed by atoms with van der Waals surface area (Å²) in [5.41, 5.74) is 0. The van der Waals surface area contributed by atoms with E-state index in [0.717, 1.165) is 94.7 Å². The largest absolute Gasteiger partial charge is 0.0530 e. The Morgan fingerprint density at radius 1 is 0.0714 bits per heavy atom. The summed E-state index contributed by atoms with van der Waals surface area (Å²) in [5, 5.41) is 0. The zero-order valence-corrected chi connectivity index (χ0v) is 84.2. The second kappa shape index (κ2) is 47.1. The van der Waals surface area contributed by atoms with Crippen LogP contribution >= 0.6 is 0 Å². The summed E-state index contributed by atoms with van der Waals surface area (Å²) in [5.74, 6) is 45.1. The topological polar surface area (TPSA) is 0 Å². The van der Waals surface area contributed by atoms with Gasteiger partial charge in [-0.2, -0.15) is 0 Å². The number of hydrogen-bond acceptors (Lipinski definition) is 0. The Labute approximate surface area is 784 Å². The molecule has 0 aromatic rings. The van der Waals surface area contributed by atoms with Crippen molar-refractivity contribution in [3.05, 3.63) is 0 Å². The second-order valence-electron chi connectivity index (χ2n) is 55.4. The Morgan fingerprint density at radius 2 is 0.222 bits per heavy atom. The van der Waals surface area contributed by atoms with Gasteiger partial charge in [-0.25, -0.2) is 0 Å². The molecule has 37 aliphatic carbocycles. The first-order valence-corrected chi connectivity index (χ1v) is 62.4. The van der Waals surface area contributed by atoms with E-state index in [4.69, 9.17) is 0 Å². The van der Waals surface area contributed by atoms with Crippen LogP contribution < -0.4 is 0 Å². The van der Waals surface area contributed by atoms with E-state index in [1.807, 2.05) is 0 Å². The van der Waals surface area contributed by atoms with E-state index < -0.39 is 0 Å². The number of rotatable bonds is 0. The predicted octanol–water partition coefficient (Wildman–Crippen LogP) is 39.0. The van der Waals surface area contributed by atoms with Crippen LogP contribution in [0, 0.1) is 225 Å². The van der Waals surface area contributed by atoms with Crippen LogP contribution in [0.4, 0.5) is 0 Å². The van der Waals surface area contributed by atoms with Crippen LogP contribution in [0.2, 0.25) is 0 Å². The Kier molecular flexibility index (Phi) is 35.0. The quantitative estimate of drug-likeness (QED) is 0.212. The van der Waals surface area contributed by atoms with Gasteiger partial charge in [-0.3, -0.25) is 0 Å². The molecule has 28 bridgehead atoms. The molecule has 718 valence electrons. The average molecular weight is 1730 g/mol. The molecule has 37 fully saturated rings. The Morgan fingerprint density at radius 3 is 0.444 bits per heavy atom. The molecule has 37 rings (SSSR count). The van der Waals surface area contributed by atoms with Crippen molar-refractivity contribution in [2.24, 2.45) is 225 Å². The maximum absolute atomic E-state index is 1.64. The molecule has 0 heteroatoms. The maximum atomic E-state index is 1.64. The Bertz CT molecular complexity index is 2760. The summed E-state index contributed by atoms with van der Waals surface area (Å²) in [6.07, 6.45) is 138. The first-order valence-electron chi connectivity index (χ1n) is 62.4. The fourth-order valence-corrected chi connectivity index (χ4v) is 40.8. The molecule has 0 nitrogen and oxygen atoms in total. The zero-order chi connectivity index (χ0) is 84.2. The molecule has 0 amide bonds. The van der Waals surface area contributed by atoms with E-state index in [0.29, 0.717) is 0 Å². The van der Waals surface area contributed by atoms with Gasteiger partial charge in [-0.15, -0.1) is 0 Å². The van der Waals surface area contributed by atoms with Gasteiger partial charge in [0.1, 0.15) is 0 Å². The minimum atomic E-state index is 1.11.